The van der Waals surface area contributed by atoms with E-state index in [1.54, 1.807) is 25.6 Å². The van der Waals surface area contributed by atoms with E-state index in [1.165, 1.54) is 0 Å². The van der Waals surface area contributed by atoms with Crippen LogP contribution in [0, 0.1) is 0 Å². The molecule has 2 aromatic rings. The summed E-state index contributed by atoms with van der Waals surface area (Å²) < 4.78 is 10.2. The summed E-state index contributed by atoms with van der Waals surface area (Å²) in [7, 11) is 3.36. The maximum atomic E-state index is 5.21. The van der Waals surface area contributed by atoms with E-state index < -0.39 is 0 Å². The summed E-state index contributed by atoms with van der Waals surface area (Å²) in [5.74, 6) is 0.856. The first-order valence-corrected chi connectivity index (χ1v) is 6.48. The highest BCUT2D eigenvalue weighted by molar-refractivity contribution is 7.18. The molecule has 18 heavy (non-hydrogen) atoms. The molecule has 1 aromatic carbocycles. The molecule has 0 atom stereocenters. The number of methoxy groups -OCH3 is 2. The summed E-state index contributed by atoms with van der Waals surface area (Å²) in [5, 5.41) is 4.12. The topological polar surface area (TPSA) is 43.4 Å². The summed E-state index contributed by atoms with van der Waals surface area (Å²) in [6.45, 7) is 1.44. The Morgan fingerprint density at radius 3 is 3.00 bits per heavy atom. The smallest absolute Gasteiger partial charge is 0.183 e. The highest BCUT2D eigenvalue weighted by atomic mass is 32.1. The van der Waals surface area contributed by atoms with Crippen LogP contribution in [0.4, 0.5) is 5.13 Å². The maximum Gasteiger partial charge on any atom is 0.183 e. The number of nitrogens with zero attached hydrogens (tertiary/aromatic N) is 1. The van der Waals surface area contributed by atoms with Crippen molar-refractivity contribution in [1.29, 1.82) is 0 Å². The van der Waals surface area contributed by atoms with Crippen LogP contribution >= 0.6 is 11.3 Å². The third-order valence-electron chi connectivity index (χ3n) is 2.44. The molecule has 4 nitrogen and oxygen atoms in total. The van der Waals surface area contributed by atoms with Gasteiger partial charge in [0.15, 0.2) is 5.13 Å². The van der Waals surface area contributed by atoms with Crippen molar-refractivity contribution >= 4 is 16.5 Å². The van der Waals surface area contributed by atoms with Crippen molar-refractivity contribution in [2.45, 2.75) is 0 Å². The lowest BCUT2D eigenvalue weighted by Crippen LogP contribution is -2.06. The summed E-state index contributed by atoms with van der Waals surface area (Å²) in [5.41, 5.74) is 1.12. The molecule has 0 saturated heterocycles. The number of nitrogens with one attached hydrogen (secondary N) is 1. The Labute approximate surface area is 111 Å². The number of rotatable bonds is 6. The quantitative estimate of drug-likeness (QED) is 0.815. The van der Waals surface area contributed by atoms with Crippen molar-refractivity contribution in [2.75, 3.05) is 32.7 Å². The molecule has 0 radical (unpaired) electrons. The van der Waals surface area contributed by atoms with Crippen LogP contribution in [0.2, 0.25) is 0 Å². The van der Waals surface area contributed by atoms with E-state index in [4.69, 9.17) is 9.47 Å². The second-order valence-corrected chi connectivity index (χ2v) is 4.71. The van der Waals surface area contributed by atoms with E-state index in [0.717, 1.165) is 27.9 Å². The van der Waals surface area contributed by atoms with Gasteiger partial charge in [0.05, 0.1) is 18.6 Å². The van der Waals surface area contributed by atoms with Crippen LogP contribution in [0.5, 0.6) is 5.75 Å². The molecule has 1 aromatic heterocycles. The Balaban J connectivity index is 2.08. The minimum absolute atomic E-state index is 0.675. The van der Waals surface area contributed by atoms with Gasteiger partial charge < -0.3 is 14.8 Å². The third-order valence-corrected chi connectivity index (χ3v) is 3.45. The van der Waals surface area contributed by atoms with Crippen LogP contribution in [0.3, 0.4) is 0 Å². The van der Waals surface area contributed by atoms with Crippen LogP contribution in [0.1, 0.15) is 0 Å². The zero-order chi connectivity index (χ0) is 12.8. The van der Waals surface area contributed by atoms with Gasteiger partial charge >= 0.3 is 0 Å². The molecule has 0 aliphatic carbocycles. The van der Waals surface area contributed by atoms with Crippen LogP contribution in [0.25, 0.3) is 10.4 Å². The Hall–Kier alpha value is -1.59. The number of anilines is 1. The summed E-state index contributed by atoms with van der Waals surface area (Å²) in [4.78, 5) is 5.45. The first-order chi connectivity index (χ1) is 8.83. The number of benzene rings is 1. The summed E-state index contributed by atoms with van der Waals surface area (Å²) in [6.07, 6.45) is 1.87. The molecular formula is C13H16N2O2S. The minimum Gasteiger partial charge on any atom is -0.497 e. The zero-order valence-electron chi connectivity index (χ0n) is 10.5. The average Bonchev–Trinajstić information content (AvgIpc) is 2.88. The largest absolute Gasteiger partial charge is 0.497 e. The van der Waals surface area contributed by atoms with Crippen molar-refractivity contribution in [2.24, 2.45) is 0 Å². The molecule has 0 fully saturated rings. The molecule has 1 heterocycles. The van der Waals surface area contributed by atoms with Gasteiger partial charge in [-0.3, -0.25) is 0 Å². The monoisotopic (exact) mass is 264 g/mol. The van der Waals surface area contributed by atoms with Gasteiger partial charge in [-0.2, -0.15) is 0 Å². The number of aromatic nitrogens is 1. The summed E-state index contributed by atoms with van der Waals surface area (Å²) in [6, 6.07) is 7.97. The molecule has 0 amide bonds. The van der Waals surface area contributed by atoms with Crippen molar-refractivity contribution in [3.8, 4) is 16.2 Å². The molecule has 96 valence electrons. The number of hydrogen-bond acceptors (Lipinski definition) is 5. The van der Waals surface area contributed by atoms with Crippen molar-refractivity contribution in [1.82, 2.24) is 4.98 Å². The van der Waals surface area contributed by atoms with E-state index in [9.17, 15) is 0 Å². The van der Waals surface area contributed by atoms with Crippen molar-refractivity contribution < 1.29 is 9.47 Å². The Morgan fingerprint density at radius 2 is 2.22 bits per heavy atom. The first-order valence-electron chi connectivity index (χ1n) is 5.66. The lowest BCUT2D eigenvalue weighted by atomic mass is 10.2. The van der Waals surface area contributed by atoms with E-state index in [1.807, 2.05) is 24.4 Å². The van der Waals surface area contributed by atoms with Gasteiger partial charge in [0.2, 0.25) is 0 Å². The lowest BCUT2D eigenvalue weighted by Gasteiger charge is -2.02. The second kappa shape index (κ2) is 6.37. The highest BCUT2D eigenvalue weighted by Crippen LogP contribution is 2.30. The Bertz CT molecular complexity index is 499. The fourth-order valence-corrected chi connectivity index (χ4v) is 2.36. The second-order valence-electron chi connectivity index (χ2n) is 3.68. The maximum absolute atomic E-state index is 5.21. The van der Waals surface area contributed by atoms with Crippen LogP contribution in [-0.2, 0) is 4.74 Å². The molecule has 0 unspecified atom stereocenters. The number of hydrogen-bond donors (Lipinski definition) is 1. The van der Waals surface area contributed by atoms with E-state index in [-0.39, 0.29) is 0 Å². The van der Waals surface area contributed by atoms with Gasteiger partial charge in [-0.15, -0.1) is 0 Å². The van der Waals surface area contributed by atoms with Crippen molar-refractivity contribution in [3.63, 3.8) is 0 Å². The molecule has 0 aliphatic rings. The van der Waals surface area contributed by atoms with Crippen LogP contribution in [0.15, 0.2) is 30.5 Å². The Kier molecular flexibility index (Phi) is 4.55. The molecule has 0 bridgehead atoms. The fourth-order valence-electron chi connectivity index (χ4n) is 1.53. The predicted molar refractivity (Wildman–Crippen MR) is 74.5 cm³/mol. The number of ether oxygens (including phenoxy) is 2. The highest BCUT2D eigenvalue weighted by Gasteiger charge is 2.04. The van der Waals surface area contributed by atoms with Gasteiger partial charge in [0.1, 0.15) is 5.75 Å². The van der Waals surface area contributed by atoms with Gasteiger partial charge in [0, 0.05) is 19.9 Å². The van der Waals surface area contributed by atoms with Gasteiger partial charge in [-0.25, -0.2) is 4.98 Å². The summed E-state index contributed by atoms with van der Waals surface area (Å²) >= 11 is 1.62. The standard InChI is InChI=1S/C13H16N2O2S/c1-16-7-6-14-13-15-9-12(18-13)10-4-3-5-11(8-10)17-2/h3-5,8-9H,6-7H2,1-2H3,(H,14,15). The first kappa shape index (κ1) is 12.9. The lowest BCUT2D eigenvalue weighted by molar-refractivity contribution is 0.211. The third kappa shape index (κ3) is 3.21. The van der Waals surface area contributed by atoms with Crippen molar-refractivity contribution in [3.05, 3.63) is 30.5 Å². The van der Waals surface area contributed by atoms with Gasteiger partial charge in [0.25, 0.3) is 0 Å². The van der Waals surface area contributed by atoms with E-state index >= 15 is 0 Å². The van der Waals surface area contributed by atoms with Gasteiger partial charge in [-0.05, 0) is 17.7 Å². The van der Waals surface area contributed by atoms with E-state index in [2.05, 4.69) is 16.4 Å². The normalized spacial score (nSPS) is 10.3. The predicted octanol–water partition coefficient (Wildman–Crippen LogP) is 2.88. The van der Waals surface area contributed by atoms with Gasteiger partial charge in [-0.1, -0.05) is 23.5 Å². The molecule has 0 saturated carbocycles. The molecule has 5 heteroatoms. The average molecular weight is 264 g/mol. The van der Waals surface area contributed by atoms with Crippen LogP contribution < -0.4 is 10.1 Å². The number of thiazole rings is 1. The Morgan fingerprint density at radius 1 is 1.33 bits per heavy atom. The fraction of sp³-hybridized carbons (Fsp3) is 0.308. The minimum atomic E-state index is 0.675. The van der Waals surface area contributed by atoms with Crippen LogP contribution in [-0.4, -0.2) is 32.4 Å². The molecule has 0 aliphatic heterocycles. The molecule has 2 rings (SSSR count). The van der Waals surface area contributed by atoms with E-state index in [0.29, 0.717) is 6.61 Å². The molecule has 1 N–H and O–H groups in total. The molecular weight excluding hydrogens is 248 g/mol. The molecule has 0 spiro atoms. The SMILES string of the molecule is COCCNc1ncc(-c2cccc(OC)c2)s1. The zero-order valence-corrected chi connectivity index (χ0v) is 11.3.